The van der Waals surface area contributed by atoms with Crippen LogP contribution in [-0.4, -0.2) is 27.7 Å². The zero-order chi connectivity index (χ0) is 20.5. The van der Waals surface area contributed by atoms with E-state index in [-0.39, 0.29) is 35.6 Å². The van der Waals surface area contributed by atoms with Gasteiger partial charge in [-0.3, -0.25) is 9.78 Å². The first-order chi connectivity index (χ1) is 13.3. The molecule has 1 aliphatic heterocycles. The van der Waals surface area contributed by atoms with E-state index in [1.54, 1.807) is 51.1 Å². The standard InChI is InChI=1S/C20H19N3O5/c1-4-27-18(25)13-10-20(2,3)28-16-15(14(13)11-21)17(24)23(19(26)22-16)12-8-6-5-7-9-12/h5-9H,4,10H2,1-3H3,(H,22,26). The quantitative estimate of drug-likeness (QED) is 0.813. The Labute approximate surface area is 160 Å². The predicted molar refractivity (Wildman–Crippen MR) is 101 cm³/mol. The van der Waals surface area contributed by atoms with Gasteiger partial charge in [0.2, 0.25) is 5.88 Å². The maximum absolute atomic E-state index is 13.2. The number of carbonyl (C=O) groups is 1. The number of ether oxygens (including phenoxy) is 2. The van der Waals surface area contributed by atoms with Crippen molar-refractivity contribution in [2.75, 3.05) is 6.61 Å². The number of allylic oxidation sites excluding steroid dienone is 1. The number of H-pyrrole nitrogens is 1. The molecule has 0 bridgehead atoms. The highest BCUT2D eigenvalue weighted by Crippen LogP contribution is 2.35. The molecular weight excluding hydrogens is 362 g/mol. The highest BCUT2D eigenvalue weighted by Gasteiger charge is 2.36. The Hall–Kier alpha value is -3.60. The predicted octanol–water partition coefficient (Wildman–Crippen LogP) is 1.93. The first kappa shape index (κ1) is 19.2. The van der Waals surface area contributed by atoms with Crippen molar-refractivity contribution in [1.82, 2.24) is 9.55 Å². The summed E-state index contributed by atoms with van der Waals surface area (Å²) in [6, 6.07) is 10.2. The molecule has 0 unspecified atom stereocenters. The molecule has 0 spiro atoms. The van der Waals surface area contributed by atoms with Crippen molar-refractivity contribution in [1.29, 1.82) is 5.26 Å². The van der Waals surface area contributed by atoms with E-state index in [0.29, 0.717) is 5.69 Å². The van der Waals surface area contributed by atoms with Crippen molar-refractivity contribution >= 4 is 11.5 Å². The second kappa shape index (κ2) is 7.19. The van der Waals surface area contributed by atoms with Crippen molar-refractivity contribution in [3.63, 3.8) is 0 Å². The monoisotopic (exact) mass is 381 g/mol. The highest BCUT2D eigenvalue weighted by molar-refractivity contribution is 6.02. The molecule has 28 heavy (non-hydrogen) atoms. The van der Waals surface area contributed by atoms with Crippen LogP contribution in [0.4, 0.5) is 0 Å². The van der Waals surface area contributed by atoms with Crippen LogP contribution in [0.2, 0.25) is 0 Å². The van der Waals surface area contributed by atoms with Crippen LogP contribution in [0.1, 0.15) is 32.8 Å². The summed E-state index contributed by atoms with van der Waals surface area (Å²) in [5, 5.41) is 9.76. The van der Waals surface area contributed by atoms with Gasteiger partial charge in [-0.25, -0.2) is 14.2 Å². The molecule has 0 saturated carbocycles. The van der Waals surface area contributed by atoms with Crippen molar-refractivity contribution < 1.29 is 14.3 Å². The summed E-state index contributed by atoms with van der Waals surface area (Å²) in [4.78, 5) is 40.8. The van der Waals surface area contributed by atoms with Gasteiger partial charge in [-0.1, -0.05) is 18.2 Å². The first-order valence-electron chi connectivity index (χ1n) is 8.73. The largest absolute Gasteiger partial charge is 0.472 e. The zero-order valence-corrected chi connectivity index (χ0v) is 15.7. The molecule has 8 nitrogen and oxygen atoms in total. The summed E-state index contributed by atoms with van der Waals surface area (Å²) in [5.74, 6) is -0.830. The van der Waals surface area contributed by atoms with E-state index in [0.717, 1.165) is 4.57 Å². The number of hydrogen-bond acceptors (Lipinski definition) is 6. The van der Waals surface area contributed by atoms with E-state index in [9.17, 15) is 19.6 Å². The lowest BCUT2D eigenvalue weighted by Crippen LogP contribution is -2.37. The summed E-state index contributed by atoms with van der Waals surface area (Å²) >= 11 is 0. The van der Waals surface area contributed by atoms with Crippen LogP contribution >= 0.6 is 0 Å². The van der Waals surface area contributed by atoms with E-state index in [4.69, 9.17) is 9.47 Å². The van der Waals surface area contributed by atoms with Crippen LogP contribution in [0, 0.1) is 11.3 Å². The molecule has 1 N–H and O–H groups in total. The molecule has 0 aliphatic carbocycles. The molecule has 8 heteroatoms. The average molecular weight is 381 g/mol. The van der Waals surface area contributed by atoms with Crippen LogP contribution in [0.25, 0.3) is 11.3 Å². The Morgan fingerprint density at radius 2 is 2.00 bits per heavy atom. The Bertz CT molecular complexity index is 1120. The van der Waals surface area contributed by atoms with E-state index in [1.165, 1.54) is 0 Å². The molecule has 2 aromatic rings. The number of hydrogen-bond donors (Lipinski definition) is 1. The number of nitriles is 1. The molecule has 0 amide bonds. The lowest BCUT2D eigenvalue weighted by molar-refractivity contribution is -0.139. The summed E-state index contributed by atoms with van der Waals surface area (Å²) in [6.07, 6.45) is 0.0379. The molecule has 144 valence electrons. The van der Waals surface area contributed by atoms with E-state index in [2.05, 4.69) is 4.98 Å². The number of nitrogens with one attached hydrogen (secondary N) is 1. The molecule has 1 aliphatic rings. The number of carbonyl (C=O) groups excluding carboxylic acids is 1. The Balaban J connectivity index is 2.39. The molecule has 3 rings (SSSR count). The zero-order valence-electron chi connectivity index (χ0n) is 15.7. The maximum Gasteiger partial charge on any atom is 0.335 e. The molecule has 0 fully saturated rings. The van der Waals surface area contributed by atoms with Crippen molar-refractivity contribution in [3.8, 4) is 17.6 Å². The van der Waals surface area contributed by atoms with Gasteiger partial charge in [0.15, 0.2) is 0 Å². The smallest absolute Gasteiger partial charge is 0.335 e. The fraction of sp³-hybridized carbons (Fsp3) is 0.300. The lowest BCUT2D eigenvalue weighted by atomic mass is 9.94. The van der Waals surface area contributed by atoms with Crippen molar-refractivity contribution in [2.24, 2.45) is 0 Å². The Morgan fingerprint density at radius 3 is 2.61 bits per heavy atom. The number of fused-ring (bicyclic) bond motifs is 1. The van der Waals surface area contributed by atoms with Crippen LogP contribution in [0.3, 0.4) is 0 Å². The van der Waals surface area contributed by atoms with Crippen molar-refractivity contribution in [3.05, 3.63) is 62.3 Å². The van der Waals surface area contributed by atoms with Gasteiger partial charge in [0.05, 0.1) is 23.4 Å². The first-order valence-corrected chi connectivity index (χ1v) is 8.73. The van der Waals surface area contributed by atoms with E-state index >= 15 is 0 Å². The van der Waals surface area contributed by atoms with Gasteiger partial charge in [0.25, 0.3) is 5.56 Å². The number of esters is 1. The SMILES string of the molecule is CCOC(=O)C1=C(C#N)c2c([nH]c(=O)n(-c3ccccc3)c2=O)OC(C)(C)C1. The number of nitrogens with zero attached hydrogens (tertiary/aromatic N) is 2. The minimum Gasteiger partial charge on any atom is -0.472 e. The molecular formula is C20H19N3O5. The molecule has 0 saturated heterocycles. The molecule has 1 aromatic carbocycles. The molecule has 1 aromatic heterocycles. The lowest BCUT2D eigenvalue weighted by Gasteiger charge is -2.25. The summed E-state index contributed by atoms with van der Waals surface area (Å²) < 4.78 is 11.8. The number of aromatic amines is 1. The summed E-state index contributed by atoms with van der Waals surface area (Å²) in [5.41, 5.74) is -2.37. The maximum atomic E-state index is 13.2. The van der Waals surface area contributed by atoms with Crippen LogP contribution in [0.5, 0.6) is 5.88 Å². The van der Waals surface area contributed by atoms with Gasteiger partial charge in [-0.05, 0) is 32.9 Å². The molecule has 2 heterocycles. The minimum atomic E-state index is -0.955. The minimum absolute atomic E-state index is 0.0379. The van der Waals surface area contributed by atoms with Crippen LogP contribution in [0.15, 0.2) is 45.5 Å². The van der Waals surface area contributed by atoms with E-state index < -0.39 is 22.8 Å². The fourth-order valence-corrected chi connectivity index (χ4v) is 3.12. The topological polar surface area (TPSA) is 114 Å². The number of benzene rings is 1. The third-order valence-corrected chi connectivity index (χ3v) is 4.25. The highest BCUT2D eigenvalue weighted by atomic mass is 16.5. The van der Waals surface area contributed by atoms with Gasteiger partial charge in [0, 0.05) is 6.42 Å². The normalized spacial score (nSPS) is 15.1. The number of rotatable bonds is 3. The third-order valence-electron chi connectivity index (χ3n) is 4.25. The van der Waals surface area contributed by atoms with E-state index in [1.807, 2.05) is 6.07 Å². The third kappa shape index (κ3) is 3.34. The van der Waals surface area contributed by atoms with Gasteiger partial charge in [-0.2, -0.15) is 5.26 Å². The van der Waals surface area contributed by atoms with Gasteiger partial charge in [-0.15, -0.1) is 0 Å². The second-order valence-corrected chi connectivity index (χ2v) is 6.83. The Kier molecular flexibility index (Phi) is 4.92. The fourth-order valence-electron chi connectivity index (χ4n) is 3.12. The van der Waals surface area contributed by atoms with Crippen LogP contribution in [-0.2, 0) is 9.53 Å². The second-order valence-electron chi connectivity index (χ2n) is 6.83. The van der Waals surface area contributed by atoms with Gasteiger partial charge in [0.1, 0.15) is 17.2 Å². The molecule has 0 atom stereocenters. The summed E-state index contributed by atoms with van der Waals surface area (Å²) in [6.45, 7) is 5.15. The summed E-state index contributed by atoms with van der Waals surface area (Å²) in [7, 11) is 0. The Morgan fingerprint density at radius 1 is 1.32 bits per heavy atom. The van der Waals surface area contributed by atoms with Crippen molar-refractivity contribution in [2.45, 2.75) is 32.8 Å². The van der Waals surface area contributed by atoms with Gasteiger partial charge >= 0.3 is 11.7 Å². The number of para-hydroxylation sites is 1. The average Bonchev–Trinajstić information content (AvgIpc) is 2.75. The van der Waals surface area contributed by atoms with Gasteiger partial charge < -0.3 is 9.47 Å². The van der Waals surface area contributed by atoms with Crippen LogP contribution < -0.4 is 16.0 Å². The molecule has 0 radical (unpaired) electrons. The number of aromatic nitrogens is 2.